The molecule has 0 aromatic carbocycles. The first-order valence-electron chi connectivity index (χ1n) is 7.20. The van der Waals surface area contributed by atoms with Crippen LogP contribution in [-0.2, 0) is 23.8 Å². The van der Waals surface area contributed by atoms with Gasteiger partial charge in [-0.15, -0.1) is 0 Å². The lowest BCUT2D eigenvalue weighted by Crippen LogP contribution is -2.35. The Kier molecular flexibility index (Phi) is 5.74. The zero-order valence-corrected chi connectivity index (χ0v) is 13.6. The minimum Gasteiger partial charge on any atom is -0.355 e. The number of nitrogens with zero attached hydrogens (tertiary/aromatic N) is 2. The van der Waals surface area contributed by atoms with E-state index in [1.807, 2.05) is 17.9 Å². The van der Waals surface area contributed by atoms with Gasteiger partial charge < -0.3 is 10.6 Å². The van der Waals surface area contributed by atoms with E-state index in [-0.39, 0.29) is 11.3 Å². The Morgan fingerprint density at radius 1 is 1.40 bits per heavy atom. The summed E-state index contributed by atoms with van der Waals surface area (Å²) in [5.41, 5.74) is 2.24. The van der Waals surface area contributed by atoms with Crippen LogP contribution >= 0.6 is 0 Å². The first-order valence-corrected chi connectivity index (χ1v) is 7.20. The van der Waals surface area contributed by atoms with Gasteiger partial charge in [-0.05, 0) is 5.92 Å². The van der Waals surface area contributed by atoms with Crippen molar-refractivity contribution in [3.05, 3.63) is 17.5 Å². The summed E-state index contributed by atoms with van der Waals surface area (Å²) in [6, 6.07) is 0. The molecule has 1 aromatic rings. The smallest absolute Gasteiger partial charge is 0.233 e. The molecule has 0 bridgehead atoms. The number of hydrogen-bond acceptors (Lipinski definition) is 3. The van der Waals surface area contributed by atoms with E-state index in [1.165, 1.54) is 0 Å². The van der Waals surface area contributed by atoms with Crippen molar-refractivity contribution in [1.82, 2.24) is 20.4 Å². The van der Waals surface area contributed by atoms with Crippen LogP contribution in [0, 0.1) is 5.92 Å². The van der Waals surface area contributed by atoms with E-state index in [1.54, 1.807) is 0 Å². The van der Waals surface area contributed by atoms with Crippen molar-refractivity contribution in [2.45, 2.75) is 46.6 Å². The fourth-order valence-corrected chi connectivity index (χ4v) is 1.99. The molecule has 0 spiro atoms. The molecule has 2 N–H and O–H groups in total. The molecule has 0 aliphatic carbocycles. The molecular formula is C15H28N4O. The normalized spacial score (nSPS) is 11.9. The van der Waals surface area contributed by atoms with E-state index in [0.29, 0.717) is 19.0 Å². The molecule has 1 heterocycles. The van der Waals surface area contributed by atoms with Gasteiger partial charge in [0.1, 0.15) is 0 Å². The summed E-state index contributed by atoms with van der Waals surface area (Å²) in [6.07, 6.45) is 2.01. The average molecular weight is 280 g/mol. The summed E-state index contributed by atoms with van der Waals surface area (Å²) in [7, 11) is 1.92. The highest BCUT2D eigenvalue weighted by Gasteiger charge is 2.21. The highest BCUT2D eigenvalue weighted by Crippen LogP contribution is 2.23. The largest absolute Gasteiger partial charge is 0.355 e. The van der Waals surface area contributed by atoms with Crippen molar-refractivity contribution in [3.8, 4) is 0 Å². The minimum atomic E-state index is 0.0121. The van der Waals surface area contributed by atoms with Gasteiger partial charge >= 0.3 is 0 Å². The van der Waals surface area contributed by atoms with Gasteiger partial charge in [-0.2, -0.15) is 5.10 Å². The highest BCUT2D eigenvalue weighted by atomic mass is 16.1. The summed E-state index contributed by atoms with van der Waals surface area (Å²) >= 11 is 0. The van der Waals surface area contributed by atoms with Crippen molar-refractivity contribution in [2.75, 3.05) is 13.1 Å². The average Bonchev–Trinajstić information content (AvgIpc) is 2.68. The summed E-state index contributed by atoms with van der Waals surface area (Å²) in [5.74, 6) is 0.518. The van der Waals surface area contributed by atoms with Crippen LogP contribution in [0.4, 0.5) is 0 Å². The van der Waals surface area contributed by atoms with Crippen LogP contribution in [0.2, 0.25) is 0 Å². The first-order chi connectivity index (χ1) is 9.20. The molecule has 0 radical (unpaired) electrons. The summed E-state index contributed by atoms with van der Waals surface area (Å²) in [5, 5.41) is 10.6. The van der Waals surface area contributed by atoms with Crippen LogP contribution < -0.4 is 10.6 Å². The lowest BCUT2D eigenvalue weighted by molar-refractivity contribution is -0.120. The molecule has 1 rings (SSSR count). The molecule has 0 aliphatic rings. The van der Waals surface area contributed by atoms with Gasteiger partial charge in [0, 0.05) is 37.3 Å². The summed E-state index contributed by atoms with van der Waals surface area (Å²) in [6.45, 7) is 12.3. The summed E-state index contributed by atoms with van der Waals surface area (Å²) < 4.78 is 1.83. The molecule has 5 nitrogen and oxygen atoms in total. The third-order valence-electron chi connectivity index (χ3n) is 2.92. The molecule has 0 saturated carbocycles. The molecule has 1 aromatic heterocycles. The van der Waals surface area contributed by atoms with Crippen molar-refractivity contribution < 1.29 is 4.79 Å². The monoisotopic (exact) mass is 280 g/mol. The van der Waals surface area contributed by atoms with E-state index >= 15 is 0 Å². The van der Waals surface area contributed by atoms with E-state index in [9.17, 15) is 4.79 Å². The van der Waals surface area contributed by atoms with Gasteiger partial charge in [-0.3, -0.25) is 9.48 Å². The highest BCUT2D eigenvalue weighted by molar-refractivity contribution is 5.77. The molecule has 114 valence electrons. The van der Waals surface area contributed by atoms with E-state index < -0.39 is 0 Å². The number of nitrogens with one attached hydrogen (secondary N) is 2. The number of aryl methyl sites for hydroxylation is 1. The Labute approximate surface area is 122 Å². The molecule has 1 amide bonds. The van der Waals surface area contributed by atoms with Crippen molar-refractivity contribution in [3.63, 3.8) is 0 Å². The first kappa shape index (κ1) is 16.7. The molecule has 0 atom stereocenters. The SMILES string of the molecule is CC(C)CNC(=O)CNCc1cn(C)nc1C(C)(C)C. The van der Waals surface area contributed by atoms with Crippen molar-refractivity contribution in [2.24, 2.45) is 13.0 Å². The Morgan fingerprint density at radius 3 is 2.60 bits per heavy atom. The van der Waals surface area contributed by atoms with Crippen molar-refractivity contribution in [1.29, 1.82) is 0 Å². The topological polar surface area (TPSA) is 59.0 Å². The predicted molar refractivity (Wildman–Crippen MR) is 81.5 cm³/mol. The quantitative estimate of drug-likeness (QED) is 0.832. The van der Waals surface area contributed by atoms with E-state index in [0.717, 1.165) is 17.8 Å². The minimum absolute atomic E-state index is 0.0121. The van der Waals surface area contributed by atoms with Crippen LogP contribution in [0.1, 0.15) is 45.9 Å². The standard InChI is InChI=1S/C15H28N4O/c1-11(2)7-17-13(20)9-16-8-12-10-19(6)18-14(12)15(3,4)5/h10-11,16H,7-9H2,1-6H3,(H,17,20). The third-order valence-corrected chi connectivity index (χ3v) is 2.92. The molecule has 0 aliphatic heterocycles. The maximum atomic E-state index is 11.6. The number of hydrogen-bond donors (Lipinski definition) is 2. The van der Waals surface area contributed by atoms with Crippen LogP contribution in [0.5, 0.6) is 0 Å². The zero-order chi connectivity index (χ0) is 15.3. The van der Waals surface area contributed by atoms with Gasteiger partial charge in [0.15, 0.2) is 0 Å². The zero-order valence-electron chi connectivity index (χ0n) is 13.6. The van der Waals surface area contributed by atoms with Crippen LogP contribution in [0.25, 0.3) is 0 Å². The molecule has 0 unspecified atom stereocenters. The number of carbonyl (C=O) groups is 1. The summed E-state index contributed by atoms with van der Waals surface area (Å²) in [4.78, 5) is 11.6. The fourth-order valence-electron chi connectivity index (χ4n) is 1.99. The second-order valence-corrected chi connectivity index (χ2v) is 6.73. The Balaban J connectivity index is 2.48. The van der Waals surface area contributed by atoms with Gasteiger partial charge in [0.25, 0.3) is 0 Å². The lowest BCUT2D eigenvalue weighted by atomic mass is 9.89. The Morgan fingerprint density at radius 2 is 2.05 bits per heavy atom. The number of carbonyl (C=O) groups excluding carboxylic acids is 1. The van der Waals surface area contributed by atoms with Crippen LogP contribution in [-0.4, -0.2) is 28.8 Å². The predicted octanol–water partition coefficient (Wildman–Crippen LogP) is 1.58. The maximum absolute atomic E-state index is 11.6. The Bertz CT molecular complexity index is 443. The van der Waals surface area contributed by atoms with E-state index in [2.05, 4.69) is 50.4 Å². The Hall–Kier alpha value is -1.36. The lowest BCUT2D eigenvalue weighted by Gasteiger charge is -2.17. The molecule has 20 heavy (non-hydrogen) atoms. The molecule has 0 saturated heterocycles. The molecule has 0 fully saturated rings. The molecule has 5 heteroatoms. The van der Waals surface area contributed by atoms with Gasteiger partial charge in [-0.1, -0.05) is 34.6 Å². The van der Waals surface area contributed by atoms with Crippen LogP contribution in [0.15, 0.2) is 6.20 Å². The van der Waals surface area contributed by atoms with Gasteiger partial charge in [-0.25, -0.2) is 0 Å². The van der Waals surface area contributed by atoms with Gasteiger partial charge in [0.05, 0.1) is 12.2 Å². The number of rotatable bonds is 6. The third kappa shape index (κ3) is 5.33. The maximum Gasteiger partial charge on any atom is 0.233 e. The van der Waals surface area contributed by atoms with Crippen LogP contribution in [0.3, 0.4) is 0 Å². The number of aromatic nitrogens is 2. The fraction of sp³-hybridized carbons (Fsp3) is 0.733. The molecular weight excluding hydrogens is 252 g/mol. The van der Waals surface area contributed by atoms with Crippen molar-refractivity contribution >= 4 is 5.91 Å². The second-order valence-electron chi connectivity index (χ2n) is 6.73. The van der Waals surface area contributed by atoms with Gasteiger partial charge in [0.2, 0.25) is 5.91 Å². The van der Waals surface area contributed by atoms with E-state index in [4.69, 9.17) is 0 Å². The number of amides is 1. The second kappa shape index (κ2) is 6.88.